The predicted molar refractivity (Wildman–Crippen MR) is 82.6 cm³/mol. The molecule has 2 aromatic heterocycles. The Balaban J connectivity index is 1.80. The molecule has 0 unspecified atom stereocenters. The smallest absolute Gasteiger partial charge is 0.270 e. The van der Waals surface area contributed by atoms with E-state index in [1.807, 2.05) is 25.3 Å². The van der Waals surface area contributed by atoms with E-state index < -0.39 is 4.92 Å². The van der Waals surface area contributed by atoms with Gasteiger partial charge in [0, 0.05) is 28.6 Å². The lowest BCUT2D eigenvalue weighted by Crippen LogP contribution is -2.00. The molecule has 6 nitrogen and oxygen atoms in total. The van der Waals surface area contributed by atoms with Crippen LogP contribution >= 0.6 is 11.3 Å². The number of thiazole rings is 1. The summed E-state index contributed by atoms with van der Waals surface area (Å²) in [6, 6.07) is 8.28. The van der Waals surface area contributed by atoms with Gasteiger partial charge in [0.15, 0.2) is 0 Å². The Morgan fingerprint density at radius 3 is 2.90 bits per heavy atom. The van der Waals surface area contributed by atoms with Crippen molar-refractivity contribution in [2.45, 2.75) is 13.5 Å². The number of pyridine rings is 1. The molecule has 21 heavy (non-hydrogen) atoms. The maximum atomic E-state index is 10.7. The molecule has 0 bridgehead atoms. The van der Waals surface area contributed by atoms with Gasteiger partial charge < -0.3 is 5.32 Å². The number of rotatable bonds is 4. The van der Waals surface area contributed by atoms with E-state index in [4.69, 9.17) is 0 Å². The summed E-state index contributed by atoms with van der Waals surface area (Å²) in [5.41, 5.74) is 0.796. The van der Waals surface area contributed by atoms with Crippen molar-refractivity contribution < 1.29 is 4.92 Å². The minimum Gasteiger partial charge on any atom is -0.364 e. The lowest BCUT2D eigenvalue weighted by Gasteiger charge is -2.05. The van der Waals surface area contributed by atoms with Gasteiger partial charge >= 0.3 is 0 Å². The standard InChI is InChI=1S/C14H12N4O2S/c1-9-7-16-14(21-9)8-15-13-5-2-10-6-11(18(19)20)3-4-12(10)17-13/h2-7H,8H2,1H3,(H,15,17). The first kappa shape index (κ1) is 13.4. The highest BCUT2D eigenvalue weighted by Crippen LogP contribution is 2.21. The summed E-state index contributed by atoms with van der Waals surface area (Å²) in [6.07, 6.45) is 1.84. The summed E-state index contributed by atoms with van der Waals surface area (Å²) in [7, 11) is 0. The van der Waals surface area contributed by atoms with E-state index in [-0.39, 0.29) is 5.69 Å². The number of hydrogen-bond acceptors (Lipinski definition) is 6. The van der Waals surface area contributed by atoms with E-state index in [0.717, 1.165) is 21.7 Å². The number of nitro groups is 1. The molecule has 0 saturated heterocycles. The zero-order valence-corrected chi connectivity index (χ0v) is 12.1. The second-order valence-electron chi connectivity index (χ2n) is 4.55. The highest BCUT2D eigenvalue weighted by atomic mass is 32.1. The van der Waals surface area contributed by atoms with Crippen molar-refractivity contribution in [3.8, 4) is 0 Å². The molecule has 0 aliphatic carbocycles. The molecule has 0 aliphatic heterocycles. The highest BCUT2D eigenvalue weighted by Gasteiger charge is 2.07. The lowest BCUT2D eigenvalue weighted by atomic mass is 10.2. The van der Waals surface area contributed by atoms with Gasteiger partial charge in [-0.05, 0) is 25.1 Å². The Bertz CT molecular complexity index is 816. The summed E-state index contributed by atoms with van der Waals surface area (Å²) in [5, 5.41) is 15.7. The van der Waals surface area contributed by atoms with E-state index in [2.05, 4.69) is 15.3 Å². The fourth-order valence-electron chi connectivity index (χ4n) is 1.97. The largest absolute Gasteiger partial charge is 0.364 e. The van der Waals surface area contributed by atoms with Gasteiger partial charge in [-0.15, -0.1) is 11.3 Å². The maximum absolute atomic E-state index is 10.7. The zero-order valence-electron chi connectivity index (χ0n) is 11.2. The van der Waals surface area contributed by atoms with Crippen LogP contribution in [0.3, 0.4) is 0 Å². The summed E-state index contributed by atoms with van der Waals surface area (Å²) in [6.45, 7) is 2.63. The number of nitro benzene ring substituents is 1. The van der Waals surface area contributed by atoms with Crippen LogP contribution in [0.15, 0.2) is 36.5 Å². The molecule has 0 saturated carbocycles. The number of non-ortho nitro benzene ring substituents is 1. The van der Waals surface area contributed by atoms with Crippen LogP contribution < -0.4 is 5.32 Å². The summed E-state index contributed by atoms with van der Waals surface area (Å²) in [5.74, 6) is 0.726. The Labute approximate surface area is 124 Å². The normalized spacial score (nSPS) is 10.7. The molecule has 1 aromatic carbocycles. The van der Waals surface area contributed by atoms with Gasteiger partial charge in [-0.1, -0.05) is 0 Å². The van der Waals surface area contributed by atoms with Crippen LogP contribution in [-0.2, 0) is 6.54 Å². The quantitative estimate of drug-likeness (QED) is 0.589. The average molecular weight is 300 g/mol. The Kier molecular flexibility index (Phi) is 3.49. The van der Waals surface area contributed by atoms with Crippen LogP contribution in [0.25, 0.3) is 10.9 Å². The SMILES string of the molecule is Cc1cnc(CNc2ccc3cc([N+](=O)[O-])ccc3n2)s1. The zero-order chi connectivity index (χ0) is 14.8. The van der Waals surface area contributed by atoms with Gasteiger partial charge in [0.05, 0.1) is 17.0 Å². The van der Waals surface area contributed by atoms with Crippen molar-refractivity contribution in [3.05, 3.63) is 56.5 Å². The summed E-state index contributed by atoms with van der Waals surface area (Å²) >= 11 is 1.64. The molecular weight excluding hydrogens is 288 g/mol. The van der Waals surface area contributed by atoms with Gasteiger partial charge in [-0.25, -0.2) is 9.97 Å². The molecule has 3 rings (SSSR count). The number of anilines is 1. The average Bonchev–Trinajstić information content (AvgIpc) is 2.90. The number of aromatic nitrogens is 2. The van der Waals surface area contributed by atoms with E-state index in [1.165, 1.54) is 17.0 Å². The first-order chi connectivity index (χ1) is 10.1. The van der Waals surface area contributed by atoms with E-state index in [1.54, 1.807) is 17.4 Å². The van der Waals surface area contributed by atoms with Crippen molar-refractivity contribution in [1.82, 2.24) is 9.97 Å². The molecule has 1 N–H and O–H groups in total. The number of nitrogens with one attached hydrogen (secondary N) is 1. The monoisotopic (exact) mass is 300 g/mol. The van der Waals surface area contributed by atoms with E-state index in [9.17, 15) is 10.1 Å². The third-order valence-electron chi connectivity index (χ3n) is 2.97. The Hall–Kier alpha value is -2.54. The van der Waals surface area contributed by atoms with Crippen LogP contribution in [0.5, 0.6) is 0 Å². The minimum absolute atomic E-state index is 0.0725. The molecule has 7 heteroatoms. The number of nitrogens with zero attached hydrogens (tertiary/aromatic N) is 3. The third-order valence-corrected chi connectivity index (χ3v) is 3.89. The number of benzene rings is 1. The van der Waals surface area contributed by atoms with Crippen LogP contribution in [0.4, 0.5) is 11.5 Å². The van der Waals surface area contributed by atoms with Gasteiger partial charge in [-0.3, -0.25) is 10.1 Å². The van der Waals surface area contributed by atoms with Gasteiger partial charge in [-0.2, -0.15) is 0 Å². The van der Waals surface area contributed by atoms with Crippen LogP contribution in [0.1, 0.15) is 9.88 Å². The topological polar surface area (TPSA) is 81.0 Å². The molecule has 0 radical (unpaired) electrons. The number of fused-ring (bicyclic) bond motifs is 1. The van der Waals surface area contributed by atoms with Crippen molar-refractivity contribution in [2.24, 2.45) is 0 Å². The van der Waals surface area contributed by atoms with Crippen molar-refractivity contribution in [3.63, 3.8) is 0 Å². The van der Waals surface area contributed by atoms with Crippen molar-refractivity contribution in [2.75, 3.05) is 5.32 Å². The van der Waals surface area contributed by atoms with Crippen molar-refractivity contribution in [1.29, 1.82) is 0 Å². The van der Waals surface area contributed by atoms with Crippen LogP contribution in [-0.4, -0.2) is 14.9 Å². The molecule has 2 heterocycles. The molecule has 0 aliphatic rings. The number of aryl methyl sites for hydroxylation is 1. The molecule has 0 fully saturated rings. The Morgan fingerprint density at radius 2 is 2.19 bits per heavy atom. The summed E-state index contributed by atoms with van der Waals surface area (Å²) < 4.78 is 0. The molecule has 3 aromatic rings. The van der Waals surface area contributed by atoms with Crippen LogP contribution in [0, 0.1) is 17.0 Å². The number of hydrogen-bond donors (Lipinski definition) is 1. The van der Waals surface area contributed by atoms with E-state index in [0.29, 0.717) is 6.54 Å². The second-order valence-corrected chi connectivity index (χ2v) is 5.87. The fourth-order valence-corrected chi connectivity index (χ4v) is 2.70. The molecule has 0 spiro atoms. The van der Waals surface area contributed by atoms with Crippen molar-refractivity contribution >= 4 is 33.7 Å². The lowest BCUT2D eigenvalue weighted by molar-refractivity contribution is -0.384. The van der Waals surface area contributed by atoms with Gasteiger partial charge in [0.25, 0.3) is 5.69 Å². The molecule has 0 atom stereocenters. The first-order valence-electron chi connectivity index (χ1n) is 6.32. The molecular formula is C14H12N4O2S. The molecule has 106 valence electrons. The van der Waals surface area contributed by atoms with E-state index >= 15 is 0 Å². The summed E-state index contributed by atoms with van der Waals surface area (Å²) in [4.78, 5) is 20.2. The first-order valence-corrected chi connectivity index (χ1v) is 7.14. The van der Waals surface area contributed by atoms with Gasteiger partial charge in [0.2, 0.25) is 0 Å². The van der Waals surface area contributed by atoms with Crippen LogP contribution in [0.2, 0.25) is 0 Å². The second kappa shape index (κ2) is 5.45. The highest BCUT2D eigenvalue weighted by molar-refractivity contribution is 7.11. The fraction of sp³-hybridized carbons (Fsp3) is 0.143. The maximum Gasteiger partial charge on any atom is 0.270 e. The minimum atomic E-state index is -0.406. The predicted octanol–water partition coefficient (Wildman–Crippen LogP) is 3.52. The third kappa shape index (κ3) is 2.97. The Morgan fingerprint density at radius 1 is 1.33 bits per heavy atom. The van der Waals surface area contributed by atoms with Gasteiger partial charge in [0.1, 0.15) is 10.8 Å². The molecule has 0 amide bonds.